The Labute approximate surface area is 144 Å². The van der Waals surface area contributed by atoms with Crippen molar-refractivity contribution in [1.82, 2.24) is 4.90 Å². The zero-order valence-corrected chi connectivity index (χ0v) is 14.2. The Morgan fingerprint density at radius 2 is 1.83 bits per heavy atom. The van der Waals surface area contributed by atoms with Gasteiger partial charge in [-0.3, -0.25) is 4.79 Å². The van der Waals surface area contributed by atoms with Gasteiger partial charge in [0, 0.05) is 5.56 Å². The van der Waals surface area contributed by atoms with Crippen molar-refractivity contribution in [2.24, 2.45) is 0 Å². The molecule has 24 heavy (non-hydrogen) atoms. The second-order valence-corrected chi connectivity index (χ2v) is 6.43. The Kier molecular flexibility index (Phi) is 5.44. The summed E-state index contributed by atoms with van der Waals surface area (Å²) < 4.78 is 0. The van der Waals surface area contributed by atoms with E-state index in [0.717, 1.165) is 43.9 Å². The Morgan fingerprint density at radius 1 is 1.08 bits per heavy atom. The van der Waals surface area contributed by atoms with Crippen molar-refractivity contribution in [3.63, 3.8) is 0 Å². The second kappa shape index (κ2) is 7.93. The van der Waals surface area contributed by atoms with E-state index in [4.69, 9.17) is 0 Å². The van der Waals surface area contributed by atoms with Crippen molar-refractivity contribution in [1.29, 1.82) is 0 Å². The van der Waals surface area contributed by atoms with Crippen molar-refractivity contribution < 1.29 is 9.69 Å². The quantitative estimate of drug-likeness (QED) is 0.916. The number of hydrogen-bond donors (Lipinski definition) is 1. The first-order valence-electron chi connectivity index (χ1n) is 8.63. The monoisotopic (exact) mass is 321 g/mol. The van der Waals surface area contributed by atoms with Crippen molar-refractivity contribution in [3.8, 4) is 0 Å². The normalized spacial score (nSPS) is 15.8. The maximum atomic E-state index is 12.6. The van der Waals surface area contributed by atoms with Gasteiger partial charge in [-0.15, -0.1) is 0 Å². The maximum absolute atomic E-state index is 12.6. The van der Waals surface area contributed by atoms with Crippen LogP contribution in [-0.2, 0) is 0 Å². The predicted molar refractivity (Wildman–Crippen MR) is 98.1 cm³/mol. The molecule has 0 aliphatic carbocycles. The maximum Gasteiger partial charge on any atom is 0.254 e. The van der Waals surface area contributed by atoms with E-state index in [1.54, 1.807) is 0 Å². The van der Waals surface area contributed by atoms with E-state index >= 15 is 0 Å². The minimum Gasteiger partial charge on any atom is -0.329 e. The molecular weight excluding hydrogens is 296 g/mol. The summed E-state index contributed by atoms with van der Waals surface area (Å²) in [4.78, 5) is 16.1. The van der Waals surface area contributed by atoms with E-state index in [9.17, 15) is 4.79 Å². The molecule has 2 aromatic carbocycles. The highest BCUT2D eigenvalue weighted by Gasteiger charge is 2.23. The van der Waals surface area contributed by atoms with Gasteiger partial charge in [-0.2, -0.15) is 0 Å². The molecule has 3 heteroatoms. The molecule has 0 atom stereocenters. The van der Waals surface area contributed by atoms with Gasteiger partial charge in [0.25, 0.3) is 5.91 Å². The lowest BCUT2D eigenvalue weighted by Crippen LogP contribution is -3.14. The third kappa shape index (κ3) is 4.33. The molecule has 0 unspecified atom stereocenters. The molecule has 1 aliphatic rings. The van der Waals surface area contributed by atoms with Gasteiger partial charge in [0.1, 0.15) is 0 Å². The Balaban J connectivity index is 1.49. The summed E-state index contributed by atoms with van der Waals surface area (Å²) in [7, 11) is 0. The molecule has 0 radical (unpaired) electrons. The molecule has 1 N–H and O–H groups in total. The third-order valence-corrected chi connectivity index (χ3v) is 4.54. The first-order valence-corrected chi connectivity index (χ1v) is 8.63. The van der Waals surface area contributed by atoms with Crippen LogP contribution in [0.1, 0.15) is 21.5 Å². The number of quaternary nitrogens is 1. The second-order valence-electron chi connectivity index (χ2n) is 6.43. The Hall–Kier alpha value is -2.39. The van der Waals surface area contributed by atoms with Crippen molar-refractivity contribution in [2.45, 2.75) is 6.92 Å². The molecule has 0 bridgehead atoms. The van der Waals surface area contributed by atoms with Gasteiger partial charge in [-0.1, -0.05) is 54.1 Å². The first-order chi connectivity index (χ1) is 11.7. The lowest BCUT2D eigenvalue weighted by Gasteiger charge is -2.31. The lowest BCUT2D eigenvalue weighted by atomic mass is 10.1. The van der Waals surface area contributed by atoms with Crippen LogP contribution >= 0.6 is 0 Å². The number of amides is 1. The molecule has 0 spiro atoms. The first kappa shape index (κ1) is 16.5. The van der Waals surface area contributed by atoms with Crippen LogP contribution in [0, 0.1) is 6.92 Å². The highest BCUT2D eigenvalue weighted by Crippen LogP contribution is 2.08. The van der Waals surface area contributed by atoms with Crippen LogP contribution in [0.2, 0.25) is 0 Å². The van der Waals surface area contributed by atoms with Gasteiger partial charge >= 0.3 is 0 Å². The van der Waals surface area contributed by atoms with Crippen molar-refractivity contribution in [2.75, 3.05) is 32.7 Å². The number of benzene rings is 2. The lowest BCUT2D eigenvalue weighted by molar-refractivity contribution is -0.898. The van der Waals surface area contributed by atoms with Crippen LogP contribution in [0.5, 0.6) is 0 Å². The average molecular weight is 321 g/mol. The fourth-order valence-corrected chi connectivity index (χ4v) is 3.12. The van der Waals surface area contributed by atoms with E-state index in [-0.39, 0.29) is 5.91 Å². The summed E-state index contributed by atoms with van der Waals surface area (Å²) in [5.74, 6) is 0.164. The SMILES string of the molecule is Cc1cccc(C(=O)N2CC[NH+](C/C=C/c3ccccc3)CC2)c1. The van der Waals surface area contributed by atoms with Crippen LogP contribution < -0.4 is 4.90 Å². The Bertz CT molecular complexity index is 701. The number of piperazine rings is 1. The molecule has 3 rings (SSSR count). The molecular formula is C21H25N2O+. The number of hydrogen-bond acceptors (Lipinski definition) is 1. The van der Waals surface area contributed by atoms with Gasteiger partial charge < -0.3 is 9.80 Å². The summed E-state index contributed by atoms with van der Waals surface area (Å²) in [5, 5.41) is 0. The summed E-state index contributed by atoms with van der Waals surface area (Å²) in [5.41, 5.74) is 3.18. The van der Waals surface area contributed by atoms with E-state index in [2.05, 4.69) is 36.4 Å². The van der Waals surface area contributed by atoms with Gasteiger partial charge in [-0.05, 0) is 30.7 Å². The fourth-order valence-electron chi connectivity index (χ4n) is 3.12. The summed E-state index contributed by atoms with van der Waals surface area (Å²) in [6, 6.07) is 18.3. The number of nitrogens with zero attached hydrogens (tertiary/aromatic N) is 1. The van der Waals surface area contributed by atoms with Gasteiger partial charge in [0.05, 0.1) is 32.7 Å². The number of aryl methyl sites for hydroxylation is 1. The molecule has 1 aliphatic heterocycles. The van der Waals surface area contributed by atoms with Crippen LogP contribution in [-0.4, -0.2) is 43.5 Å². The predicted octanol–water partition coefficient (Wildman–Crippen LogP) is 2.05. The molecule has 3 nitrogen and oxygen atoms in total. The zero-order chi connectivity index (χ0) is 16.8. The number of carbonyl (C=O) groups excluding carboxylic acids is 1. The van der Waals surface area contributed by atoms with E-state index in [1.165, 1.54) is 10.5 Å². The minimum atomic E-state index is 0.164. The summed E-state index contributed by atoms with van der Waals surface area (Å²) >= 11 is 0. The van der Waals surface area contributed by atoms with Crippen LogP contribution in [0.4, 0.5) is 0 Å². The molecule has 0 saturated carbocycles. The molecule has 0 aromatic heterocycles. The summed E-state index contributed by atoms with van der Waals surface area (Å²) in [6.45, 7) is 6.73. The molecule has 2 aromatic rings. The summed E-state index contributed by atoms with van der Waals surface area (Å²) in [6.07, 6.45) is 4.42. The zero-order valence-electron chi connectivity index (χ0n) is 14.2. The van der Waals surface area contributed by atoms with Crippen LogP contribution in [0.25, 0.3) is 6.08 Å². The van der Waals surface area contributed by atoms with Gasteiger partial charge in [0.2, 0.25) is 0 Å². The topological polar surface area (TPSA) is 24.8 Å². The highest BCUT2D eigenvalue weighted by molar-refractivity contribution is 5.94. The molecule has 1 amide bonds. The number of nitrogens with one attached hydrogen (secondary N) is 1. The number of carbonyl (C=O) groups is 1. The van der Waals surface area contributed by atoms with E-state index in [0.29, 0.717) is 0 Å². The smallest absolute Gasteiger partial charge is 0.254 e. The largest absolute Gasteiger partial charge is 0.329 e. The van der Waals surface area contributed by atoms with Crippen LogP contribution in [0.15, 0.2) is 60.7 Å². The Morgan fingerprint density at radius 3 is 2.54 bits per heavy atom. The third-order valence-electron chi connectivity index (χ3n) is 4.54. The molecule has 1 saturated heterocycles. The molecule has 1 fully saturated rings. The van der Waals surface area contributed by atoms with E-state index in [1.807, 2.05) is 42.2 Å². The minimum absolute atomic E-state index is 0.164. The number of rotatable bonds is 4. The molecule has 1 heterocycles. The van der Waals surface area contributed by atoms with Crippen molar-refractivity contribution >= 4 is 12.0 Å². The average Bonchev–Trinajstić information content (AvgIpc) is 2.63. The molecule has 124 valence electrons. The fraction of sp³-hybridized carbons (Fsp3) is 0.286. The van der Waals surface area contributed by atoms with Crippen LogP contribution in [0.3, 0.4) is 0 Å². The van der Waals surface area contributed by atoms with Gasteiger partial charge in [-0.25, -0.2) is 0 Å². The van der Waals surface area contributed by atoms with Crippen molar-refractivity contribution in [3.05, 3.63) is 77.4 Å². The van der Waals surface area contributed by atoms with Gasteiger partial charge in [0.15, 0.2) is 0 Å². The standard InChI is InChI=1S/C21H24N2O/c1-18-7-5-11-20(17-18)21(24)23-15-13-22(14-16-23)12-6-10-19-8-3-2-4-9-19/h2-11,17H,12-16H2,1H3/p+1/b10-6+. The van der Waals surface area contributed by atoms with E-state index < -0.39 is 0 Å². The highest BCUT2D eigenvalue weighted by atomic mass is 16.2.